The molecule has 0 spiro atoms. The average molecular weight is 418 g/mol. The Labute approximate surface area is 160 Å². The molecule has 0 unspecified atom stereocenters. The summed E-state index contributed by atoms with van der Waals surface area (Å²) >= 11 is 3.39. The first-order valence-corrected chi connectivity index (χ1v) is 9.30. The number of anilines is 1. The molecule has 1 aliphatic heterocycles. The lowest BCUT2D eigenvalue weighted by molar-refractivity contribution is 0.0696. The Kier molecular flexibility index (Phi) is 5.88. The molecular formula is C19H20BrN3O3. The van der Waals surface area contributed by atoms with Gasteiger partial charge < -0.3 is 15.3 Å². The molecule has 1 aromatic heterocycles. The van der Waals surface area contributed by atoms with E-state index in [1.807, 2.05) is 12.1 Å². The van der Waals surface area contributed by atoms with Gasteiger partial charge in [0.25, 0.3) is 5.91 Å². The van der Waals surface area contributed by atoms with Crippen LogP contribution in [0.15, 0.2) is 47.1 Å². The second-order valence-corrected chi connectivity index (χ2v) is 7.27. The lowest BCUT2D eigenvalue weighted by atomic mass is 9.96. The number of nitrogens with zero attached hydrogens (tertiary/aromatic N) is 2. The number of carbonyl (C=O) groups is 2. The summed E-state index contributed by atoms with van der Waals surface area (Å²) in [6, 6.07) is 9.97. The van der Waals surface area contributed by atoms with Crippen molar-refractivity contribution in [3.05, 3.63) is 58.2 Å². The molecular weight excluding hydrogens is 398 g/mol. The topological polar surface area (TPSA) is 82.5 Å². The first-order valence-electron chi connectivity index (χ1n) is 8.51. The highest BCUT2D eigenvalue weighted by atomic mass is 79.9. The number of benzene rings is 1. The fourth-order valence-corrected chi connectivity index (χ4v) is 3.26. The molecule has 7 heteroatoms. The zero-order valence-electron chi connectivity index (χ0n) is 14.2. The SMILES string of the molecule is O=C(O)c1ccc(C(=O)NCC2CCN(c3ccc(Br)cn3)CC2)cc1. The zero-order valence-corrected chi connectivity index (χ0v) is 15.8. The predicted octanol–water partition coefficient (Wildman–Crippen LogP) is 3.19. The monoisotopic (exact) mass is 417 g/mol. The van der Waals surface area contributed by atoms with Crippen molar-refractivity contribution in [2.75, 3.05) is 24.5 Å². The van der Waals surface area contributed by atoms with Gasteiger partial charge in [-0.3, -0.25) is 4.79 Å². The van der Waals surface area contributed by atoms with Gasteiger partial charge in [-0.05, 0) is 71.1 Å². The van der Waals surface area contributed by atoms with Gasteiger partial charge in [-0.15, -0.1) is 0 Å². The van der Waals surface area contributed by atoms with Gasteiger partial charge in [-0.1, -0.05) is 0 Å². The van der Waals surface area contributed by atoms with Gasteiger partial charge >= 0.3 is 5.97 Å². The number of halogens is 1. The van der Waals surface area contributed by atoms with Gasteiger partial charge in [0.1, 0.15) is 5.82 Å². The summed E-state index contributed by atoms with van der Waals surface area (Å²) in [5, 5.41) is 11.8. The van der Waals surface area contributed by atoms with Crippen LogP contribution in [-0.2, 0) is 0 Å². The lowest BCUT2D eigenvalue weighted by Gasteiger charge is -2.32. The Morgan fingerprint density at radius 1 is 1.12 bits per heavy atom. The molecule has 1 aromatic carbocycles. The van der Waals surface area contributed by atoms with Crippen LogP contribution < -0.4 is 10.2 Å². The molecule has 2 N–H and O–H groups in total. The van der Waals surface area contributed by atoms with E-state index in [-0.39, 0.29) is 11.5 Å². The number of hydrogen-bond donors (Lipinski definition) is 2. The van der Waals surface area contributed by atoms with Crippen molar-refractivity contribution >= 4 is 33.6 Å². The number of aromatic nitrogens is 1. The summed E-state index contributed by atoms with van der Waals surface area (Å²) in [5.74, 6) is 0.251. The van der Waals surface area contributed by atoms with E-state index in [2.05, 4.69) is 31.1 Å². The number of carbonyl (C=O) groups excluding carboxylic acids is 1. The number of nitrogens with one attached hydrogen (secondary N) is 1. The van der Waals surface area contributed by atoms with Crippen LogP contribution in [0.25, 0.3) is 0 Å². The molecule has 1 saturated heterocycles. The second-order valence-electron chi connectivity index (χ2n) is 6.36. The van der Waals surface area contributed by atoms with Gasteiger partial charge in [0.15, 0.2) is 0 Å². The van der Waals surface area contributed by atoms with Crippen LogP contribution >= 0.6 is 15.9 Å². The number of pyridine rings is 1. The summed E-state index contributed by atoms with van der Waals surface area (Å²) in [6.07, 6.45) is 3.79. The Hall–Kier alpha value is -2.41. The molecule has 136 valence electrons. The smallest absolute Gasteiger partial charge is 0.335 e. The molecule has 1 amide bonds. The van der Waals surface area contributed by atoms with E-state index in [9.17, 15) is 9.59 Å². The van der Waals surface area contributed by atoms with Crippen molar-refractivity contribution in [3.63, 3.8) is 0 Å². The summed E-state index contributed by atoms with van der Waals surface area (Å²) in [7, 11) is 0. The van der Waals surface area contributed by atoms with Crippen molar-refractivity contribution in [3.8, 4) is 0 Å². The normalized spacial score (nSPS) is 14.9. The molecule has 6 nitrogen and oxygen atoms in total. The third kappa shape index (κ3) is 4.60. The Morgan fingerprint density at radius 2 is 1.77 bits per heavy atom. The van der Waals surface area contributed by atoms with Crippen LogP contribution in [0.2, 0.25) is 0 Å². The lowest BCUT2D eigenvalue weighted by Crippen LogP contribution is -2.39. The van der Waals surface area contributed by atoms with E-state index in [1.54, 1.807) is 18.3 Å². The number of carboxylic acids is 1. The highest BCUT2D eigenvalue weighted by Gasteiger charge is 2.20. The third-order valence-electron chi connectivity index (χ3n) is 4.60. The van der Waals surface area contributed by atoms with E-state index in [0.717, 1.165) is 36.2 Å². The van der Waals surface area contributed by atoms with Crippen LogP contribution in [0.3, 0.4) is 0 Å². The van der Waals surface area contributed by atoms with Crippen molar-refractivity contribution in [2.24, 2.45) is 5.92 Å². The van der Waals surface area contributed by atoms with Gasteiger partial charge in [0.2, 0.25) is 0 Å². The first kappa shape index (κ1) is 18.4. The largest absolute Gasteiger partial charge is 0.478 e. The molecule has 0 saturated carbocycles. The molecule has 0 atom stereocenters. The summed E-state index contributed by atoms with van der Waals surface area (Å²) in [6.45, 7) is 2.46. The predicted molar refractivity (Wildman–Crippen MR) is 103 cm³/mol. The molecule has 3 rings (SSSR count). The Morgan fingerprint density at radius 3 is 2.35 bits per heavy atom. The first-order chi connectivity index (χ1) is 12.5. The fourth-order valence-electron chi connectivity index (χ4n) is 3.02. The molecule has 26 heavy (non-hydrogen) atoms. The number of carboxylic acid groups (broad SMARTS) is 1. The summed E-state index contributed by atoms with van der Waals surface area (Å²) < 4.78 is 0.968. The van der Waals surface area contributed by atoms with Crippen LogP contribution in [0, 0.1) is 5.92 Å². The van der Waals surface area contributed by atoms with E-state index in [0.29, 0.717) is 18.0 Å². The maximum atomic E-state index is 12.2. The minimum absolute atomic E-state index is 0.168. The fraction of sp³-hybridized carbons (Fsp3) is 0.316. The molecule has 1 aliphatic rings. The maximum absolute atomic E-state index is 12.2. The van der Waals surface area contributed by atoms with Gasteiger partial charge in [0, 0.05) is 35.9 Å². The van der Waals surface area contributed by atoms with Gasteiger partial charge in [-0.2, -0.15) is 0 Å². The van der Waals surface area contributed by atoms with Crippen LogP contribution in [0.4, 0.5) is 5.82 Å². The quantitative estimate of drug-likeness (QED) is 0.780. The Bertz CT molecular complexity index is 770. The van der Waals surface area contributed by atoms with E-state index >= 15 is 0 Å². The minimum Gasteiger partial charge on any atom is -0.478 e. The molecule has 0 radical (unpaired) electrons. The number of aromatic carboxylic acids is 1. The van der Waals surface area contributed by atoms with Crippen molar-refractivity contribution in [1.82, 2.24) is 10.3 Å². The minimum atomic E-state index is -0.996. The van der Waals surface area contributed by atoms with E-state index in [4.69, 9.17) is 5.11 Å². The molecule has 0 aliphatic carbocycles. The van der Waals surface area contributed by atoms with E-state index < -0.39 is 5.97 Å². The molecule has 0 bridgehead atoms. The molecule has 1 fully saturated rings. The number of hydrogen-bond acceptors (Lipinski definition) is 4. The summed E-state index contributed by atoms with van der Waals surface area (Å²) in [5.41, 5.74) is 0.655. The van der Waals surface area contributed by atoms with Crippen LogP contribution in [0.1, 0.15) is 33.6 Å². The molecule has 2 heterocycles. The van der Waals surface area contributed by atoms with Gasteiger partial charge in [-0.25, -0.2) is 9.78 Å². The van der Waals surface area contributed by atoms with Crippen LogP contribution in [-0.4, -0.2) is 41.6 Å². The second kappa shape index (κ2) is 8.31. The van der Waals surface area contributed by atoms with E-state index in [1.165, 1.54) is 12.1 Å². The van der Waals surface area contributed by atoms with Crippen molar-refractivity contribution in [1.29, 1.82) is 0 Å². The van der Waals surface area contributed by atoms with Crippen LogP contribution in [0.5, 0.6) is 0 Å². The number of amides is 1. The Balaban J connectivity index is 1.46. The van der Waals surface area contributed by atoms with Crippen molar-refractivity contribution < 1.29 is 14.7 Å². The van der Waals surface area contributed by atoms with Gasteiger partial charge in [0.05, 0.1) is 5.56 Å². The number of rotatable bonds is 5. The highest BCUT2D eigenvalue weighted by molar-refractivity contribution is 9.10. The van der Waals surface area contributed by atoms with Crippen molar-refractivity contribution in [2.45, 2.75) is 12.8 Å². The third-order valence-corrected chi connectivity index (χ3v) is 5.06. The average Bonchev–Trinajstić information content (AvgIpc) is 2.67. The highest BCUT2D eigenvalue weighted by Crippen LogP contribution is 2.22. The standard InChI is InChI=1S/C19H20BrN3O3/c20-16-5-6-17(21-12-16)23-9-7-13(8-10-23)11-22-18(24)14-1-3-15(4-2-14)19(25)26/h1-6,12-13H,7-11H2,(H,22,24)(H,25,26). The zero-order chi connectivity index (χ0) is 18.5. The summed E-state index contributed by atoms with van der Waals surface area (Å²) in [4.78, 5) is 29.7. The molecule has 2 aromatic rings. The number of piperidine rings is 1. The maximum Gasteiger partial charge on any atom is 0.335 e.